The van der Waals surface area contributed by atoms with Gasteiger partial charge in [0, 0.05) is 24.9 Å². The Labute approximate surface area is 117 Å². The molecule has 1 unspecified atom stereocenters. The summed E-state index contributed by atoms with van der Waals surface area (Å²) in [7, 11) is 1.93. The summed E-state index contributed by atoms with van der Waals surface area (Å²) in [4.78, 5) is 2.06. The maximum Gasteiger partial charge on any atom is 0.411 e. The number of nitrogens with two attached hydrogens (primary N) is 1. The number of rotatable bonds is 7. The first-order valence-corrected chi connectivity index (χ1v) is 6.50. The molecule has 2 N–H and O–H groups in total. The molecule has 0 bridgehead atoms. The summed E-state index contributed by atoms with van der Waals surface area (Å²) in [5.41, 5.74) is 7.52. The second-order valence-electron chi connectivity index (χ2n) is 4.85. The van der Waals surface area contributed by atoms with E-state index < -0.39 is 12.8 Å². The summed E-state index contributed by atoms with van der Waals surface area (Å²) in [6.07, 6.45) is -3.69. The lowest BCUT2D eigenvalue weighted by Crippen LogP contribution is -2.25. The summed E-state index contributed by atoms with van der Waals surface area (Å²) in [6.45, 7) is 1.62. The Kier molecular flexibility index (Phi) is 6.29. The van der Waals surface area contributed by atoms with E-state index in [1.807, 2.05) is 38.2 Å². The van der Waals surface area contributed by atoms with Crippen molar-refractivity contribution < 1.29 is 17.9 Å². The van der Waals surface area contributed by atoms with Gasteiger partial charge in [-0.2, -0.15) is 13.2 Å². The molecule has 1 aromatic rings. The van der Waals surface area contributed by atoms with E-state index in [9.17, 15) is 13.2 Å². The van der Waals surface area contributed by atoms with Gasteiger partial charge in [-0.15, -0.1) is 0 Å². The SMILES string of the molecule is CC(c1cccc(N)c1)N(C)CCCOCC(F)(F)F. The molecule has 0 amide bonds. The van der Waals surface area contributed by atoms with E-state index in [1.54, 1.807) is 0 Å². The molecule has 0 aliphatic rings. The van der Waals surface area contributed by atoms with Gasteiger partial charge in [0.25, 0.3) is 0 Å². The number of ether oxygens (including phenoxy) is 1. The number of nitrogen functional groups attached to an aromatic ring is 1. The number of hydrogen-bond donors (Lipinski definition) is 1. The maximum atomic E-state index is 11.9. The Bertz CT molecular complexity index is 410. The Morgan fingerprint density at radius 3 is 2.65 bits per heavy atom. The zero-order valence-electron chi connectivity index (χ0n) is 11.8. The number of benzene rings is 1. The first kappa shape index (κ1) is 16.8. The van der Waals surface area contributed by atoms with Crippen LogP contribution in [0.25, 0.3) is 0 Å². The van der Waals surface area contributed by atoms with Crippen LogP contribution >= 0.6 is 0 Å². The monoisotopic (exact) mass is 290 g/mol. The van der Waals surface area contributed by atoms with E-state index in [4.69, 9.17) is 5.73 Å². The molecule has 0 radical (unpaired) electrons. The number of nitrogens with zero attached hydrogens (tertiary/aromatic N) is 1. The van der Waals surface area contributed by atoms with Gasteiger partial charge >= 0.3 is 6.18 Å². The van der Waals surface area contributed by atoms with Crippen molar-refractivity contribution >= 4 is 5.69 Å². The lowest BCUT2D eigenvalue weighted by Gasteiger charge is -2.25. The minimum Gasteiger partial charge on any atom is -0.399 e. The second kappa shape index (κ2) is 7.50. The molecule has 114 valence electrons. The average molecular weight is 290 g/mol. The first-order chi connectivity index (χ1) is 9.29. The van der Waals surface area contributed by atoms with Gasteiger partial charge in [0.15, 0.2) is 0 Å². The van der Waals surface area contributed by atoms with E-state index in [1.165, 1.54) is 0 Å². The molecule has 0 spiro atoms. The molecule has 0 heterocycles. The van der Waals surface area contributed by atoms with Gasteiger partial charge < -0.3 is 10.5 Å². The van der Waals surface area contributed by atoms with Gasteiger partial charge in [0.2, 0.25) is 0 Å². The van der Waals surface area contributed by atoms with Gasteiger partial charge in [-0.1, -0.05) is 12.1 Å². The summed E-state index contributed by atoms with van der Waals surface area (Å²) >= 11 is 0. The standard InChI is InChI=1S/C14H21F3N2O/c1-11(12-5-3-6-13(18)9-12)19(2)7-4-8-20-10-14(15,16)17/h3,5-6,9,11H,4,7-8,10,18H2,1-2H3. The Morgan fingerprint density at radius 1 is 1.35 bits per heavy atom. The van der Waals surface area contributed by atoms with E-state index in [0.29, 0.717) is 18.7 Å². The lowest BCUT2D eigenvalue weighted by atomic mass is 10.1. The molecule has 6 heteroatoms. The van der Waals surface area contributed by atoms with Crippen LogP contribution in [0.5, 0.6) is 0 Å². The summed E-state index contributed by atoms with van der Waals surface area (Å²) in [5.74, 6) is 0. The average Bonchev–Trinajstić information content (AvgIpc) is 2.36. The zero-order valence-corrected chi connectivity index (χ0v) is 11.8. The third-order valence-corrected chi connectivity index (χ3v) is 3.12. The highest BCUT2D eigenvalue weighted by Crippen LogP contribution is 2.20. The van der Waals surface area contributed by atoms with Gasteiger partial charge in [-0.3, -0.25) is 4.90 Å². The van der Waals surface area contributed by atoms with Crippen molar-refractivity contribution in [2.45, 2.75) is 25.6 Å². The normalized spacial score (nSPS) is 13.7. The molecule has 3 nitrogen and oxygen atoms in total. The molecule has 1 aromatic carbocycles. The molecule has 20 heavy (non-hydrogen) atoms. The van der Waals surface area contributed by atoms with Crippen molar-refractivity contribution in [3.63, 3.8) is 0 Å². The lowest BCUT2D eigenvalue weighted by molar-refractivity contribution is -0.174. The largest absolute Gasteiger partial charge is 0.411 e. The van der Waals surface area contributed by atoms with Crippen LogP contribution in [0.3, 0.4) is 0 Å². The molecule has 0 saturated heterocycles. The van der Waals surface area contributed by atoms with Crippen molar-refractivity contribution in [3.05, 3.63) is 29.8 Å². The highest BCUT2D eigenvalue weighted by Gasteiger charge is 2.27. The van der Waals surface area contributed by atoms with Crippen LogP contribution in [0.2, 0.25) is 0 Å². The van der Waals surface area contributed by atoms with Crippen LogP contribution in [0.15, 0.2) is 24.3 Å². The predicted molar refractivity (Wildman–Crippen MR) is 73.4 cm³/mol. The number of hydrogen-bond acceptors (Lipinski definition) is 3. The van der Waals surface area contributed by atoms with Crippen molar-refractivity contribution in [2.24, 2.45) is 0 Å². The Balaban J connectivity index is 2.30. The van der Waals surface area contributed by atoms with Crippen molar-refractivity contribution in [1.29, 1.82) is 0 Å². The van der Waals surface area contributed by atoms with Gasteiger partial charge in [0.1, 0.15) is 6.61 Å². The fourth-order valence-electron chi connectivity index (χ4n) is 1.87. The molecule has 0 saturated carbocycles. The molecular weight excluding hydrogens is 269 g/mol. The van der Waals surface area contributed by atoms with Gasteiger partial charge in [0.05, 0.1) is 0 Å². The van der Waals surface area contributed by atoms with Crippen LogP contribution in [0, 0.1) is 0 Å². The molecule has 0 aromatic heterocycles. The minimum absolute atomic E-state index is 0.105. The summed E-state index contributed by atoms with van der Waals surface area (Å²) < 4.78 is 40.2. The van der Waals surface area contributed by atoms with Crippen LogP contribution < -0.4 is 5.73 Å². The fourth-order valence-corrected chi connectivity index (χ4v) is 1.87. The fraction of sp³-hybridized carbons (Fsp3) is 0.571. The smallest absolute Gasteiger partial charge is 0.399 e. The third kappa shape index (κ3) is 6.25. The topological polar surface area (TPSA) is 38.5 Å². The maximum absolute atomic E-state index is 11.9. The Morgan fingerprint density at radius 2 is 2.05 bits per heavy atom. The van der Waals surface area contributed by atoms with Crippen molar-refractivity contribution in [2.75, 3.05) is 32.5 Å². The van der Waals surface area contributed by atoms with Crippen LogP contribution in [-0.4, -0.2) is 37.9 Å². The Hall–Kier alpha value is -1.27. The van der Waals surface area contributed by atoms with Crippen LogP contribution in [0.1, 0.15) is 24.9 Å². The molecular formula is C14H21F3N2O. The molecule has 0 aliphatic carbocycles. The number of alkyl halides is 3. The van der Waals surface area contributed by atoms with E-state index in [-0.39, 0.29) is 12.6 Å². The van der Waals surface area contributed by atoms with E-state index in [2.05, 4.69) is 9.64 Å². The quantitative estimate of drug-likeness (QED) is 0.619. The predicted octanol–water partition coefficient (Wildman–Crippen LogP) is 3.23. The third-order valence-electron chi connectivity index (χ3n) is 3.12. The second-order valence-corrected chi connectivity index (χ2v) is 4.85. The number of halogens is 3. The molecule has 1 rings (SSSR count). The van der Waals surface area contributed by atoms with Crippen molar-refractivity contribution in [1.82, 2.24) is 4.90 Å². The van der Waals surface area contributed by atoms with Crippen LogP contribution in [0.4, 0.5) is 18.9 Å². The number of anilines is 1. The molecule has 0 aliphatic heterocycles. The van der Waals surface area contributed by atoms with E-state index >= 15 is 0 Å². The van der Waals surface area contributed by atoms with Crippen LogP contribution in [-0.2, 0) is 4.74 Å². The van der Waals surface area contributed by atoms with E-state index in [0.717, 1.165) is 5.56 Å². The van der Waals surface area contributed by atoms with Gasteiger partial charge in [-0.05, 0) is 38.1 Å². The molecule has 0 fully saturated rings. The first-order valence-electron chi connectivity index (χ1n) is 6.50. The minimum atomic E-state index is -4.25. The van der Waals surface area contributed by atoms with Crippen molar-refractivity contribution in [3.8, 4) is 0 Å². The summed E-state index contributed by atoms with van der Waals surface area (Å²) in [6, 6.07) is 7.75. The zero-order chi connectivity index (χ0) is 15.2. The van der Waals surface area contributed by atoms with Gasteiger partial charge in [-0.25, -0.2) is 0 Å². The highest BCUT2D eigenvalue weighted by molar-refractivity contribution is 5.41. The highest BCUT2D eigenvalue weighted by atomic mass is 19.4. The molecule has 1 atom stereocenters. The summed E-state index contributed by atoms with van der Waals surface area (Å²) in [5, 5.41) is 0.